The van der Waals surface area contributed by atoms with Crippen LogP contribution in [0.2, 0.25) is 0 Å². The third-order valence-electron chi connectivity index (χ3n) is 2.50. The SMILES string of the molecule is CCCCn1nc(C(F)(F)F)c(C)c1OCC(F)(F)F. The molecule has 0 radical (unpaired) electrons. The lowest BCUT2D eigenvalue weighted by atomic mass is 10.2. The van der Waals surface area contributed by atoms with E-state index in [4.69, 9.17) is 0 Å². The number of unbranched alkanes of at least 4 members (excludes halogenated alkanes) is 1. The van der Waals surface area contributed by atoms with Crippen molar-refractivity contribution in [2.45, 2.75) is 45.6 Å². The fourth-order valence-electron chi connectivity index (χ4n) is 1.60. The smallest absolute Gasteiger partial charge is 0.435 e. The van der Waals surface area contributed by atoms with Gasteiger partial charge in [0.05, 0.1) is 0 Å². The third kappa shape index (κ3) is 4.31. The minimum Gasteiger partial charge on any atom is -0.468 e. The summed E-state index contributed by atoms with van der Waals surface area (Å²) < 4.78 is 79.7. The molecule has 9 heteroatoms. The number of aromatic nitrogens is 2. The van der Waals surface area contributed by atoms with E-state index in [1.54, 1.807) is 6.92 Å². The second kappa shape index (κ2) is 5.92. The van der Waals surface area contributed by atoms with Crippen molar-refractivity contribution in [3.8, 4) is 5.88 Å². The van der Waals surface area contributed by atoms with E-state index in [1.807, 2.05) is 0 Å². The monoisotopic (exact) mass is 304 g/mol. The standard InChI is InChI=1S/C11H14F6N2O/c1-3-4-5-19-9(20-6-10(12,13)14)7(2)8(18-19)11(15,16)17/h3-6H2,1-2H3. The van der Waals surface area contributed by atoms with E-state index in [1.165, 1.54) is 0 Å². The minimum atomic E-state index is -4.72. The second-order valence-electron chi connectivity index (χ2n) is 4.26. The Morgan fingerprint density at radius 1 is 1.15 bits per heavy atom. The van der Waals surface area contributed by atoms with Crippen LogP contribution in [0.4, 0.5) is 26.3 Å². The van der Waals surface area contributed by atoms with Gasteiger partial charge in [0.2, 0.25) is 5.88 Å². The van der Waals surface area contributed by atoms with Gasteiger partial charge in [-0.3, -0.25) is 0 Å². The van der Waals surface area contributed by atoms with Crippen molar-refractivity contribution in [3.63, 3.8) is 0 Å². The zero-order valence-electron chi connectivity index (χ0n) is 10.9. The molecule has 0 N–H and O–H groups in total. The van der Waals surface area contributed by atoms with Gasteiger partial charge in [-0.05, 0) is 13.3 Å². The molecule has 0 spiro atoms. The lowest BCUT2D eigenvalue weighted by Gasteiger charge is -2.11. The van der Waals surface area contributed by atoms with E-state index in [0.717, 1.165) is 11.6 Å². The van der Waals surface area contributed by atoms with Crippen molar-refractivity contribution in [1.29, 1.82) is 0 Å². The van der Waals surface area contributed by atoms with E-state index >= 15 is 0 Å². The van der Waals surface area contributed by atoms with Crippen LogP contribution in [-0.2, 0) is 12.7 Å². The van der Waals surface area contributed by atoms with Crippen LogP contribution in [0.1, 0.15) is 31.0 Å². The molecule has 116 valence electrons. The first-order valence-electron chi connectivity index (χ1n) is 5.90. The number of alkyl halides is 6. The fraction of sp³-hybridized carbons (Fsp3) is 0.727. The molecule has 0 saturated carbocycles. The van der Waals surface area contributed by atoms with E-state index in [0.29, 0.717) is 12.8 Å². The molecule has 0 unspecified atom stereocenters. The normalized spacial score (nSPS) is 12.8. The van der Waals surface area contributed by atoms with Gasteiger partial charge in [0, 0.05) is 12.1 Å². The summed E-state index contributed by atoms with van der Waals surface area (Å²) in [7, 11) is 0. The highest BCUT2D eigenvalue weighted by atomic mass is 19.4. The summed E-state index contributed by atoms with van der Waals surface area (Å²) >= 11 is 0. The molecule has 1 heterocycles. The maximum atomic E-state index is 12.7. The quantitative estimate of drug-likeness (QED) is 0.770. The Hall–Kier alpha value is -1.41. The second-order valence-corrected chi connectivity index (χ2v) is 4.26. The Labute approximate surface area is 111 Å². The maximum Gasteiger partial charge on any atom is 0.435 e. The predicted octanol–water partition coefficient (Wildman–Crippen LogP) is 3.95. The van der Waals surface area contributed by atoms with Gasteiger partial charge in [-0.2, -0.15) is 31.4 Å². The maximum absolute atomic E-state index is 12.7. The molecular weight excluding hydrogens is 290 g/mol. The van der Waals surface area contributed by atoms with Crippen molar-refractivity contribution in [3.05, 3.63) is 11.3 Å². The largest absolute Gasteiger partial charge is 0.468 e. The fourth-order valence-corrected chi connectivity index (χ4v) is 1.60. The summed E-state index contributed by atoms with van der Waals surface area (Å²) in [5.74, 6) is -0.483. The van der Waals surface area contributed by atoms with Gasteiger partial charge < -0.3 is 4.74 Å². The van der Waals surface area contributed by atoms with Gasteiger partial charge in [0.15, 0.2) is 12.3 Å². The van der Waals surface area contributed by atoms with Crippen LogP contribution in [0.3, 0.4) is 0 Å². The first-order valence-corrected chi connectivity index (χ1v) is 5.90. The summed E-state index contributed by atoms with van der Waals surface area (Å²) in [6, 6.07) is 0. The van der Waals surface area contributed by atoms with Gasteiger partial charge in [0.25, 0.3) is 0 Å². The van der Waals surface area contributed by atoms with Crippen molar-refractivity contribution < 1.29 is 31.1 Å². The lowest BCUT2D eigenvalue weighted by molar-refractivity contribution is -0.154. The highest BCUT2D eigenvalue weighted by Gasteiger charge is 2.39. The van der Waals surface area contributed by atoms with E-state index in [-0.39, 0.29) is 6.54 Å². The average Bonchev–Trinajstić information content (AvgIpc) is 2.59. The molecule has 0 aliphatic heterocycles. The zero-order chi connectivity index (χ0) is 15.6. The molecule has 0 aromatic carbocycles. The molecular formula is C11H14F6N2O. The van der Waals surface area contributed by atoms with Gasteiger partial charge in [-0.15, -0.1) is 0 Å². The van der Waals surface area contributed by atoms with Crippen LogP contribution < -0.4 is 4.74 Å². The summed E-state index contributed by atoms with van der Waals surface area (Å²) in [6.07, 6.45) is -8.19. The highest BCUT2D eigenvalue weighted by Crippen LogP contribution is 2.35. The van der Waals surface area contributed by atoms with Gasteiger partial charge >= 0.3 is 12.4 Å². The molecule has 0 bridgehead atoms. The van der Waals surface area contributed by atoms with Crippen LogP contribution in [0, 0.1) is 6.92 Å². The van der Waals surface area contributed by atoms with E-state index in [9.17, 15) is 26.3 Å². The summed E-state index contributed by atoms with van der Waals surface area (Å²) in [6.45, 7) is 1.27. The molecule has 1 rings (SSSR count). The molecule has 0 aliphatic carbocycles. The summed E-state index contributed by atoms with van der Waals surface area (Å²) in [5, 5.41) is 3.32. The number of ether oxygens (including phenoxy) is 1. The van der Waals surface area contributed by atoms with Crippen molar-refractivity contribution in [2.75, 3.05) is 6.61 Å². The predicted molar refractivity (Wildman–Crippen MR) is 58.4 cm³/mol. The minimum absolute atomic E-state index is 0.0701. The average molecular weight is 304 g/mol. The number of halogens is 6. The van der Waals surface area contributed by atoms with Gasteiger partial charge in [-0.25, -0.2) is 4.68 Å². The van der Waals surface area contributed by atoms with Crippen LogP contribution in [-0.4, -0.2) is 22.6 Å². The molecule has 1 aromatic rings. The van der Waals surface area contributed by atoms with Crippen LogP contribution in [0.5, 0.6) is 5.88 Å². The molecule has 1 aromatic heterocycles. The van der Waals surface area contributed by atoms with Crippen LogP contribution in [0.25, 0.3) is 0 Å². The molecule has 0 aliphatic rings. The lowest BCUT2D eigenvalue weighted by Crippen LogP contribution is -2.21. The number of hydrogen-bond acceptors (Lipinski definition) is 2. The Balaban J connectivity index is 3.07. The summed E-state index contributed by atoms with van der Waals surface area (Å²) in [4.78, 5) is 0. The van der Waals surface area contributed by atoms with E-state index in [2.05, 4.69) is 9.84 Å². The topological polar surface area (TPSA) is 27.1 Å². The highest BCUT2D eigenvalue weighted by molar-refractivity contribution is 5.32. The van der Waals surface area contributed by atoms with Crippen molar-refractivity contribution in [1.82, 2.24) is 9.78 Å². The summed E-state index contributed by atoms with van der Waals surface area (Å²) in [5.41, 5.74) is -1.65. The van der Waals surface area contributed by atoms with Gasteiger partial charge in [0.1, 0.15) is 0 Å². The Kier molecular flexibility index (Phi) is 4.93. The molecule has 0 saturated heterocycles. The Morgan fingerprint density at radius 2 is 1.75 bits per heavy atom. The van der Waals surface area contributed by atoms with Crippen LogP contribution in [0.15, 0.2) is 0 Å². The number of aryl methyl sites for hydroxylation is 1. The van der Waals surface area contributed by atoms with Gasteiger partial charge in [-0.1, -0.05) is 13.3 Å². The molecule has 3 nitrogen and oxygen atoms in total. The van der Waals surface area contributed by atoms with E-state index < -0.39 is 36.1 Å². The molecule has 20 heavy (non-hydrogen) atoms. The number of rotatable bonds is 5. The Morgan fingerprint density at radius 3 is 2.20 bits per heavy atom. The molecule has 0 atom stereocenters. The first kappa shape index (κ1) is 16.6. The number of nitrogens with zero attached hydrogens (tertiary/aromatic N) is 2. The number of hydrogen-bond donors (Lipinski definition) is 0. The van der Waals surface area contributed by atoms with Crippen molar-refractivity contribution in [2.24, 2.45) is 0 Å². The van der Waals surface area contributed by atoms with Crippen LogP contribution >= 0.6 is 0 Å². The zero-order valence-corrected chi connectivity index (χ0v) is 10.9. The molecule has 0 fully saturated rings. The third-order valence-corrected chi connectivity index (χ3v) is 2.50. The first-order chi connectivity index (χ1) is 9.06. The molecule has 0 amide bonds. The van der Waals surface area contributed by atoms with Crippen molar-refractivity contribution >= 4 is 0 Å². The Bertz CT molecular complexity index is 449.